The molecule has 0 bridgehead atoms. The predicted molar refractivity (Wildman–Crippen MR) is 64.9 cm³/mol. The van der Waals surface area contributed by atoms with E-state index >= 15 is 0 Å². The van der Waals surface area contributed by atoms with Crippen molar-refractivity contribution in [2.45, 2.75) is 0 Å². The highest BCUT2D eigenvalue weighted by molar-refractivity contribution is 9.11. The smallest absolute Gasteiger partial charge is 0.0777 e. The van der Waals surface area contributed by atoms with Gasteiger partial charge in [-0.2, -0.15) is 11.3 Å². The normalized spacial score (nSPS) is 11.5. The Balaban J connectivity index is 2.66. The maximum atomic E-state index is 3.56. The fourth-order valence-corrected chi connectivity index (χ4v) is 3.76. The zero-order valence-corrected chi connectivity index (χ0v) is 9.80. The van der Waals surface area contributed by atoms with Crippen LogP contribution in [-0.4, -0.2) is 0 Å². The van der Waals surface area contributed by atoms with E-state index in [0.717, 1.165) is 0 Å². The highest BCUT2D eigenvalue weighted by Crippen LogP contribution is 2.36. The number of fused-ring (bicyclic) bond motifs is 3. The molecule has 2 aromatic heterocycles. The Morgan fingerprint density at radius 1 is 0.923 bits per heavy atom. The van der Waals surface area contributed by atoms with Gasteiger partial charge in [-0.15, -0.1) is 11.3 Å². The van der Waals surface area contributed by atoms with Gasteiger partial charge in [-0.25, -0.2) is 0 Å². The topological polar surface area (TPSA) is 0 Å². The molecule has 0 aliphatic heterocycles. The van der Waals surface area contributed by atoms with Gasteiger partial charge in [0.15, 0.2) is 0 Å². The minimum atomic E-state index is 1.23. The Hall–Kier alpha value is -0.380. The second kappa shape index (κ2) is 2.80. The van der Waals surface area contributed by atoms with Gasteiger partial charge in [-0.1, -0.05) is 12.1 Å². The zero-order valence-electron chi connectivity index (χ0n) is 6.58. The van der Waals surface area contributed by atoms with E-state index in [1.54, 1.807) is 22.7 Å². The van der Waals surface area contributed by atoms with Crippen LogP contribution in [0.25, 0.3) is 21.5 Å². The van der Waals surface area contributed by atoms with Crippen LogP contribution >= 0.6 is 38.6 Å². The SMILES string of the molecule is Brc1scc2c1ccc1cscc12. The maximum Gasteiger partial charge on any atom is 0.0777 e. The molecule has 0 nitrogen and oxygen atoms in total. The fourth-order valence-electron chi connectivity index (χ4n) is 1.54. The highest BCUT2D eigenvalue weighted by Gasteiger charge is 2.05. The first kappa shape index (κ1) is 7.97. The molecule has 0 aliphatic carbocycles. The van der Waals surface area contributed by atoms with Gasteiger partial charge in [0.25, 0.3) is 0 Å². The quantitative estimate of drug-likeness (QED) is 0.545. The van der Waals surface area contributed by atoms with Crippen molar-refractivity contribution in [2.75, 3.05) is 0 Å². The van der Waals surface area contributed by atoms with Gasteiger partial charge in [-0.3, -0.25) is 0 Å². The lowest BCUT2D eigenvalue weighted by Crippen LogP contribution is -1.66. The van der Waals surface area contributed by atoms with Gasteiger partial charge < -0.3 is 0 Å². The average Bonchev–Trinajstić information content (AvgIpc) is 2.70. The van der Waals surface area contributed by atoms with Crippen LogP contribution in [0.4, 0.5) is 0 Å². The van der Waals surface area contributed by atoms with Crippen molar-refractivity contribution in [1.29, 1.82) is 0 Å². The van der Waals surface area contributed by atoms with Crippen molar-refractivity contribution in [3.63, 3.8) is 0 Å². The Bertz CT molecular complexity index is 577. The number of rotatable bonds is 0. The Morgan fingerprint density at radius 2 is 1.85 bits per heavy atom. The summed E-state index contributed by atoms with van der Waals surface area (Å²) in [6, 6.07) is 4.37. The molecular formula is C10H5BrS2. The lowest BCUT2D eigenvalue weighted by Gasteiger charge is -1.92. The standard InChI is InChI=1S/C10H5BrS2/c11-10-7-2-1-6-3-12-4-8(6)9(7)5-13-10/h1-5H. The van der Waals surface area contributed by atoms with Crippen molar-refractivity contribution in [3.8, 4) is 0 Å². The second-order valence-electron chi connectivity index (χ2n) is 2.91. The summed E-state index contributed by atoms with van der Waals surface area (Å²) in [5.74, 6) is 0. The van der Waals surface area contributed by atoms with Crippen LogP contribution in [0.5, 0.6) is 0 Å². The molecule has 2 heterocycles. The van der Waals surface area contributed by atoms with Crippen molar-refractivity contribution in [3.05, 3.63) is 32.1 Å². The molecule has 0 aliphatic rings. The van der Waals surface area contributed by atoms with Gasteiger partial charge in [-0.05, 0) is 32.1 Å². The molecule has 0 radical (unpaired) electrons. The minimum absolute atomic E-state index is 1.23. The van der Waals surface area contributed by atoms with E-state index in [2.05, 4.69) is 44.2 Å². The summed E-state index contributed by atoms with van der Waals surface area (Å²) in [5, 5.41) is 12.1. The first-order valence-corrected chi connectivity index (χ1v) is 6.49. The average molecular weight is 269 g/mol. The molecule has 0 saturated heterocycles. The molecule has 3 rings (SSSR count). The summed E-state index contributed by atoms with van der Waals surface area (Å²) < 4.78 is 1.23. The van der Waals surface area contributed by atoms with Gasteiger partial charge in [0.05, 0.1) is 3.79 Å². The van der Waals surface area contributed by atoms with Crippen LogP contribution in [0.15, 0.2) is 32.1 Å². The Morgan fingerprint density at radius 3 is 2.77 bits per heavy atom. The molecule has 3 aromatic rings. The molecule has 0 fully saturated rings. The molecule has 64 valence electrons. The maximum absolute atomic E-state index is 3.56. The van der Waals surface area contributed by atoms with Crippen molar-refractivity contribution in [2.24, 2.45) is 0 Å². The van der Waals surface area contributed by atoms with E-state index in [4.69, 9.17) is 0 Å². The van der Waals surface area contributed by atoms with Crippen LogP contribution in [0, 0.1) is 0 Å². The van der Waals surface area contributed by atoms with Gasteiger partial charge in [0, 0.05) is 21.5 Å². The summed E-state index contributed by atoms with van der Waals surface area (Å²) in [6.45, 7) is 0. The number of hydrogen-bond donors (Lipinski definition) is 0. The van der Waals surface area contributed by atoms with E-state index in [1.807, 2.05) is 0 Å². The minimum Gasteiger partial charge on any atom is -0.151 e. The largest absolute Gasteiger partial charge is 0.151 e. The van der Waals surface area contributed by atoms with E-state index < -0.39 is 0 Å². The molecule has 0 atom stereocenters. The van der Waals surface area contributed by atoms with E-state index in [-0.39, 0.29) is 0 Å². The highest BCUT2D eigenvalue weighted by atomic mass is 79.9. The summed E-state index contributed by atoms with van der Waals surface area (Å²) in [6.07, 6.45) is 0. The number of benzene rings is 1. The molecule has 3 heteroatoms. The zero-order chi connectivity index (χ0) is 8.84. The van der Waals surface area contributed by atoms with E-state index in [1.165, 1.54) is 25.3 Å². The van der Waals surface area contributed by atoms with Crippen LogP contribution in [0.3, 0.4) is 0 Å². The predicted octanol–water partition coefficient (Wildman–Crippen LogP) is 4.88. The molecule has 13 heavy (non-hydrogen) atoms. The number of thiophene rings is 2. The number of hydrogen-bond acceptors (Lipinski definition) is 2. The van der Waals surface area contributed by atoms with E-state index in [0.29, 0.717) is 0 Å². The van der Waals surface area contributed by atoms with Crippen LogP contribution in [-0.2, 0) is 0 Å². The number of halogens is 1. The Kier molecular flexibility index (Phi) is 1.72. The summed E-state index contributed by atoms with van der Waals surface area (Å²) in [7, 11) is 0. The molecule has 0 N–H and O–H groups in total. The third kappa shape index (κ3) is 1.08. The van der Waals surface area contributed by atoms with Gasteiger partial charge in [0.1, 0.15) is 0 Å². The molecule has 0 saturated carbocycles. The lowest BCUT2D eigenvalue weighted by atomic mass is 10.1. The third-order valence-corrected chi connectivity index (χ3v) is 4.72. The second-order valence-corrected chi connectivity index (χ2v) is 5.85. The summed E-state index contributed by atoms with van der Waals surface area (Å²) in [4.78, 5) is 0. The first-order valence-electron chi connectivity index (χ1n) is 3.88. The summed E-state index contributed by atoms with van der Waals surface area (Å²) in [5.41, 5.74) is 0. The lowest BCUT2D eigenvalue weighted by molar-refractivity contribution is 1.97. The summed E-state index contributed by atoms with van der Waals surface area (Å²) >= 11 is 7.09. The van der Waals surface area contributed by atoms with Crippen molar-refractivity contribution in [1.82, 2.24) is 0 Å². The van der Waals surface area contributed by atoms with Crippen LogP contribution in [0.1, 0.15) is 0 Å². The van der Waals surface area contributed by atoms with Crippen molar-refractivity contribution >= 4 is 60.1 Å². The monoisotopic (exact) mass is 268 g/mol. The van der Waals surface area contributed by atoms with E-state index in [9.17, 15) is 0 Å². The van der Waals surface area contributed by atoms with Gasteiger partial charge >= 0.3 is 0 Å². The van der Waals surface area contributed by atoms with Crippen LogP contribution < -0.4 is 0 Å². The molecule has 1 aromatic carbocycles. The fraction of sp³-hybridized carbons (Fsp3) is 0. The Labute approximate surface area is 91.9 Å². The van der Waals surface area contributed by atoms with Crippen molar-refractivity contribution < 1.29 is 0 Å². The molecule has 0 amide bonds. The van der Waals surface area contributed by atoms with Gasteiger partial charge in [0.2, 0.25) is 0 Å². The third-order valence-electron chi connectivity index (χ3n) is 2.19. The molecular weight excluding hydrogens is 264 g/mol. The molecule has 0 unspecified atom stereocenters. The molecule has 0 spiro atoms. The first-order chi connectivity index (χ1) is 6.36. The van der Waals surface area contributed by atoms with Crippen LogP contribution in [0.2, 0.25) is 0 Å².